The summed E-state index contributed by atoms with van der Waals surface area (Å²) in [5, 5.41) is 3.69. The van der Waals surface area contributed by atoms with Gasteiger partial charge in [-0.15, -0.1) is 0 Å². The van der Waals surface area contributed by atoms with Crippen molar-refractivity contribution in [2.75, 3.05) is 6.54 Å². The topological polar surface area (TPSA) is 12.0 Å². The Balaban J connectivity index is 1.98. The summed E-state index contributed by atoms with van der Waals surface area (Å²) in [6.45, 7) is 8.34. The fourth-order valence-corrected chi connectivity index (χ4v) is 2.59. The van der Waals surface area contributed by atoms with Crippen LogP contribution in [0, 0.1) is 10.8 Å². The minimum atomic E-state index is 0.457. The molecule has 2 fully saturated rings. The maximum Gasteiger partial charge on any atom is 0.0122 e. The first-order chi connectivity index (χ1) is 5.52. The highest BCUT2D eigenvalue weighted by Gasteiger charge is 2.46. The molecular formula is C11H21N. The minimum absolute atomic E-state index is 0.457. The quantitative estimate of drug-likeness (QED) is 0.584. The molecule has 1 heterocycles. The summed E-state index contributed by atoms with van der Waals surface area (Å²) in [4.78, 5) is 0. The zero-order valence-electron chi connectivity index (χ0n) is 8.61. The van der Waals surface area contributed by atoms with Crippen molar-refractivity contribution in [1.82, 2.24) is 5.32 Å². The summed E-state index contributed by atoms with van der Waals surface area (Å²) >= 11 is 0. The van der Waals surface area contributed by atoms with E-state index in [2.05, 4.69) is 26.1 Å². The van der Waals surface area contributed by atoms with E-state index in [0.717, 1.165) is 11.5 Å². The van der Waals surface area contributed by atoms with Crippen LogP contribution in [0.4, 0.5) is 0 Å². The van der Waals surface area contributed by atoms with Crippen molar-refractivity contribution in [1.29, 1.82) is 0 Å². The summed E-state index contributed by atoms with van der Waals surface area (Å²) in [7, 11) is 0. The Morgan fingerprint density at radius 2 is 1.92 bits per heavy atom. The van der Waals surface area contributed by atoms with Gasteiger partial charge in [0.15, 0.2) is 0 Å². The first kappa shape index (κ1) is 8.55. The van der Waals surface area contributed by atoms with Crippen LogP contribution in [0.25, 0.3) is 0 Å². The highest BCUT2D eigenvalue weighted by Crippen LogP contribution is 2.49. The van der Waals surface area contributed by atoms with Crippen LogP contribution < -0.4 is 5.32 Å². The Morgan fingerprint density at radius 3 is 2.17 bits per heavy atom. The lowest BCUT2D eigenvalue weighted by Gasteiger charge is -2.38. The van der Waals surface area contributed by atoms with E-state index in [1.807, 2.05) is 0 Å². The van der Waals surface area contributed by atoms with E-state index >= 15 is 0 Å². The van der Waals surface area contributed by atoms with Gasteiger partial charge in [-0.1, -0.05) is 27.2 Å². The molecule has 1 unspecified atom stereocenters. The maximum absolute atomic E-state index is 3.69. The van der Waals surface area contributed by atoms with Gasteiger partial charge in [-0.3, -0.25) is 0 Å². The van der Waals surface area contributed by atoms with Crippen LogP contribution in [-0.2, 0) is 0 Å². The molecule has 0 bridgehead atoms. The molecule has 2 rings (SSSR count). The average Bonchev–Trinajstić information content (AvgIpc) is 2.26. The molecule has 0 amide bonds. The third-order valence-corrected chi connectivity index (χ3v) is 3.82. The van der Waals surface area contributed by atoms with Crippen molar-refractivity contribution in [3.8, 4) is 0 Å². The van der Waals surface area contributed by atoms with Crippen molar-refractivity contribution in [3.05, 3.63) is 0 Å². The molecule has 0 aromatic rings. The van der Waals surface area contributed by atoms with E-state index in [1.165, 1.54) is 32.2 Å². The molecule has 1 heteroatoms. The minimum Gasteiger partial charge on any atom is -0.313 e. The van der Waals surface area contributed by atoms with Crippen LogP contribution in [0.2, 0.25) is 0 Å². The van der Waals surface area contributed by atoms with Gasteiger partial charge < -0.3 is 5.32 Å². The molecule has 1 aliphatic carbocycles. The molecule has 12 heavy (non-hydrogen) atoms. The van der Waals surface area contributed by atoms with Gasteiger partial charge in [-0.2, -0.15) is 0 Å². The van der Waals surface area contributed by atoms with Crippen molar-refractivity contribution >= 4 is 0 Å². The summed E-state index contributed by atoms with van der Waals surface area (Å²) in [6, 6.07) is 0.762. The first-order valence-corrected chi connectivity index (χ1v) is 5.25. The molecule has 1 nitrogen and oxygen atoms in total. The van der Waals surface area contributed by atoms with E-state index in [0.29, 0.717) is 5.41 Å². The summed E-state index contributed by atoms with van der Waals surface area (Å²) in [6.07, 6.45) is 5.86. The van der Waals surface area contributed by atoms with Gasteiger partial charge >= 0.3 is 0 Å². The molecule has 1 aliphatic heterocycles. The average molecular weight is 167 g/mol. The molecule has 70 valence electrons. The van der Waals surface area contributed by atoms with Gasteiger partial charge in [0, 0.05) is 12.6 Å². The molecule has 1 saturated heterocycles. The van der Waals surface area contributed by atoms with Gasteiger partial charge in [0.05, 0.1) is 0 Å². The Kier molecular flexibility index (Phi) is 1.76. The zero-order chi connectivity index (χ0) is 8.82. The maximum atomic E-state index is 3.69. The molecule has 2 aliphatic rings. The molecular weight excluding hydrogens is 146 g/mol. The van der Waals surface area contributed by atoms with Gasteiger partial charge in [-0.25, -0.2) is 0 Å². The molecule has 0 aromatic carbocycles. The Labute approximate surface area is 75.9 Å². The van der Waals surface area contributed by atoms with Crippen LogP contribution in [0.15, 0.2) is 0 Å². The predicted molar refractivity (Wildman–Crippen MR) is 52.1 cm³/mol. The fraction of sp³-hybridized carbons (Fsp3) is 1.00. The standard InChI is InChI=1S/C11H21N/c1-10(2,3)9-7-11(8-12-9)5-4-6-11/h9,12H,4-8H2,1-3H3. The third-order valence-electron chi connectivity index (χ3n) is 3.82. The van der Waals surface area contributed by atoms with Crippen LogP contribution in [0.3, 0.4) is 0 Å². The van der Waals surface area contributed by atoms with Crippen molar-refractivity contribution in [3.63, 3.8) is 0 Å². The van der Waals surface area contributed by atoms with Gasteiger partial charge in [0.25, 0.3) is 0 Å². The molecule has 1 atom stereocenters. The third kappa shape index (κ3) is 1.28. The van der Waals surface area contributed by atoms with E-state index in [-0.39, 0.29) is 0 Å². The molecule has 0 radical (unpaired) electrons. The van der Waals surface area contributed by atoms with Crippen molar-refractivity contribution in [2.24, 2.45) is 10.8 Å². The lowest BCUT2D eigenvalue weighted by molar-refractivity contribution is 0.147. The van der Waals surface area contributed by atoms with Crippen LogP contribution >= 0.6 is 0 Å². The number of hydrogen-bond donors (Lipinski definition) is 1. The highest BCUT2D eigenvalue weighted by molar-refractivity contribution is 5.01. The second-order valence-corrected chi connectivity index (χ2v) is 5.86. The lowest BCUT2D eigenvalue weighted by Crippen LogP contribution is -2.34. The normalized spacial score (nSPS) is 33.8. The second-order valence-electron chi connectivity index (χ2n) is 5.86. The van der Waals surface area contributed by atoms with Crippen LogP contribution in [0.1, 0.15) is 46.5 Å². The van der Waals surface area contributed by atoms with Crippen molar-refractivity contribution in [2.45, 2.75) is 52.5 Å². The molecule has 1 N–H and O–H groups in total. The van der Waals surface area contributed by atoms with E-state index < -0.39 is 0 Å². The number of hydrogen-bond acceptors (Lipinski definition) is 1. The van der Waals surface area contributed by atoms with Gasteiger partial charge in [0.2, 0.25) is 0 Å². The first-order valence-electron chi connectivity index (χ1n) is 5.25. The van der Waals surface area contributed by atoms with Gasteiger partial charge in [0.1, 0.15) is 0 Å². The van der Waals surface area contributed by atoms with Gasteiger partial charge in [-0.05, 0) is 30.1 Å². The smallest absolute Gasteiger partial charge is 0.0122 e. The molecule has 1 saturated carbocycles. The lowest BCUT2D eigenvalue weighted by atomic mass is 9.66. The molecule has 1 spiro atoms. The monoisotopic (exact) mass is 167 g/mol. The van der Waals surface area contributed by atoms with E-state index in [4.69, 9.17) is 0 Å². The highest BCUT2D eigenvalue weighted by atomic mass is 15.0. The summed E-state index contributed by atoms with van der Waals surface area (Å²) in [5.74, 6) is 0. The number of rotatable bonds is 0. The Bertz CT molecular complexity index is 174. The van der Waals surface area contributed by atoms with Crippen molar-refractivity contribution < 1.29 is 0 Å². The zero-order valence-corrected chi connectivity index (χ0v) is 8.61. The Morgan fingerprint density at radius 1 is 1.25 bits per heavy atom. The fourth-order valence-electron chi connectivity index (χ4n) is 2.59. The van der Waals surface area contributed by atoms with E-state index in [1.54, 1.807) is 0 Å². The van der Waals surface area contributed by atoms with Crippen LogP contribution in [0.5, 0.6) is 0 Å². The summed E-state index contributed by atoms with van der Waals surface area (Å²) < 4.78 is 0. The SMILES string of the molecule is CC(C)(C)C1CC2(CCC2)CN1. The predicted octanol–water partition coefficient (Wildman–Crippen LogP) is 2.56. The number of nitrogens with one attached hydrogen (secondary N) is 1. The van der Waals surface area contributed by atoms with E-state index in [9.17, 15) is 0 Å². The molecule has 0 aromatic heterocycles. The van der Waals surface area contributed by atoms with Crippen LogP contribution in [-0.4, -0.2) is 12.6 Å². The second kappa shape index (κ2) is 2.47. The largest absolute Gasteiger partial charge is 0.313 e. The summed E-state index contributed by atoms with van der Waals surface area (Å²) in [5.41, 5.74) is 1.19. The Hall–Kier alpha value is -0.0400.